The molecule has 0 radical (unpaired) electrons. The first-order chi connectivity index (χ1) is 16.6. The van der Waals surface area contributed by atoms with Gasteiger partial charge in [-0.2, -0.15) is 0 Å². The Kier molecular flexibility index (Phi) is 6.76. The van der Waals surface area contributed by atoms with Gasteiger partial charge >= 0.3 is 0 Å². The lowest BCUT2D eigenvalue weighted by atomic mass is 10.00. The lowest BCUT2D eigenvalue weighted by Gasteiger charge is -2.31. The Morgan fingerprint density at radius 1 is 1.03 bits per heavy atom. The highest BCUT2D eigenvalue weighted by Crippen LogP contribution is 2.42. The average molecular weight is 478 g/mol. The molecule has 0 atom stereocenters. The van der Waals surface area contributed by atoms with E-state index in [1.807, 2.05) is 48.5 Å². The average Bonchev–Trinajstić information content (AvgIpc) is 3.63. The molecular weight excluding hydrogens is 446 g/mol. The minimum Gasteiger partial charge on any atom is -0.497 e. The standard InChI is InChI=1S/C26H31N5O2S/c1-18-13-15-30(16-14-18)25-28-29-26(31(25)22-9-10-22)34-17-19-3-5-20(6-4-19)24(32)27-21-7-11-23(33-2)12-8-21/h3-8,11-12,18,22H,9-10,13-17H2,1-2H3,(H,27,32). The zero-order valence-corrected chi connectivity index (χ0v) is 20.6. The van der Waals surface area contributed by atoms with Crippen LogP contribution in [0.1, 0.15) is 54.6 Å². The molecule has 7 nitrogen and oxygen atoms in total. The van der Waals surface area contributed by atoms with Gasteiger partial charge in [0.05, 0.1) is 7.11 Å². The van der Waals surface area contributed by atoms with Crippen LogP contribution in [0, 0.1) is 5.92 Å². The Labute approximate surface area is 204 Å². The molecule has 1 aliphatic carbocycles. The van der Waals surface area contributed by atoms with E-state index in [9.17, 15) is 4.79 Å². The van der Waals surface area contributed by atoms with Crippen LogP contribution in [0.15, 0.2) is 53.7 Å². The zero-order chi connectivity index (χ0) is 23.5. The number of hydrogen-bond acceptors (Lipinski definition) is 6. The summed E-state index contributed by atoms with van der Waals surface area (Å²) in [6.45, 7) is 4.46. The summed E-state index contributed by atoms with van der Waals surface area (Å²) >= 11 is 1.72. The monoisotopic (exact) mass is 477 g/mol. The minimum atomic E-state index is -0.127. The van der Waals surface area contributed by atoms with E-state index in [4.69, 9.17) is 4.74 Å². The van der Waals surface area contributed by atoms with E-state index >= 15 is 0 Å². The molecule has 2 aliphatic rings. The molecule has 2 fully saturated rings. The summed E-state index contributed by atoms with van der Waals surface area (Å²) < 4.78 is 7.52. The highest BCUT2D eigenvalue weighted by Gasteiger charge is 2.32. The minimum absolute atomic E-state index is 0.127. The number of carbonyl (C=O) groups excluding carboxylic acids is 1. The first kappa shape index (κ1) is 22.8. The molecule has 0 spiro atoms. The molecule has 1 aliphatic heterocycles. The quantitative estimate of drug-likeness (QED) is 0.438. The fourth-order valence-electron chi connectivity index (χ4n) is 4.22. The Morgan fingerprint density at radius 2 is 1.74 bits per heavy atom. The Balaban J connectivity index is 1.20. The van der Waals surface area contributed by atoms with Gasteiger partial charge in [0.25, 0.3) is 5.91 Å². The van der Waals surface area contributed by atoms with Crippen LogP contribution in [0.3, 0.4) is 0 Å². The molecule has 178 valence electrons. The van der Waals surface area contributed by atoms with Crippen molar-refractivity contribution in [3.63, 3.8) is 0 Å². The normalized spacial score (nSPS) is 16.5. The summed E-state index contributed by atoms with van der Waals surface area (Å²) in [6, 6.07) is 15.6. The second kappa shape index (κ2) is 10.1. The predicted molar refractivity (Wildman–Crippen MR) is 136 cm³/mol. The Bertz CT molecular complexity index is 1120. The van der Waals surface area contributed by atoms with Crippen molar-refractivity contribution in [2.24, 2.45) is 5.92 Å². The van der Waals surface area contributed by atoms with Gasteiger partial charge in [-0.3, -0.25) is 9.36 Å². The van der Waals surface area contributed by atoms with Crippen LogP contribution < -0.4 is 15.0 Å². The smallest absolute Gasteiger partial charge is 0.255 e. The van der Waals surface area contributed by atoms with Crippen LogP contribution in [-0.2, 0) is 5.75 Å². The van der Waals surface area contributed by atoms with Gasteiger partial charge in [-0.25, -0.2) is 0 Å². The second-order valence-electron chi connectivity index (χ2n) is 9.22. The number of hydrogen-bond donors (Lipinski definition) is 1. The lowest BCUT2D eigenvalue weighted by molar-refractivity contribution is 0.102. The number of piperidine rings is 1. The number of ether oxygens (including phenoxy) is 1. The van der Waals surface area contributed by atoms with Gasteiger partial charge < -0.3 is 15.0 Å². The summed E-state index contributed by atoms with van der Waals surface area (Å²) in [4.78, 5) is 15.0. The van der Waals surface area contributed by atoms with Crippen molar-refractivity contribution >= 4 is 29.3 Å². The molecule has 1 N–H and O–H groups in total. The summed E-state index contributed by atoms with van der Waals surface area (Å²) in [7, 11) is 1.62. The van der Waals surface area contributed by atoms with Crippen LogP contribution in [-0.4, -0.2) is 40.9 Å². The molecule has 1 aromatic heterocycles. The highest BCUT2D eigenvalue weighted by atomic mass is 32.2. The molecule has 1 saturated heterocycles. The molecule has 3 aromatic rings. The highest BCUT2D eigenvalue weighted by molar-refractivity contribution is 7.98. The zero-order valence-electron chi connectivity index (χ0n) is 19.7. The largest absolute Gasteiger partial charge is 0.497 e. The van der Waals surface area contributed by atoms with Gasteiger partial charge in [0.2, 0.25) is 5.95 Å². The van der Waals surface area contributed by atoms with E-state index < -0.39 is 0 Å². The molecule has 0 bridgehead atoms. The van der Waals surface area contributed by atoms with Crippen LogP contribution >= 0.6 is 11.8 Å². The maximum absolute atomic E-state index is 12.6. The summed E-state index contributed by atoms with van der Waals surface area (Å²) in [5, 5.41) is 13.1. The van der Waals surface area contributed by atoms with Crippen molar-refractivity contribution < 1.29 is 9.53 Å². The van der Waals surface area contributed by atoms with Gasteiger partial charge in [0.15, 0.2) is 5.16 Å². The van der Waals surface area contributed by atoms with E-state index in [0.29, 0.717) is 11.6 Å². The fourth-order valence-corrected chi connectivity index (χ4v) is 5.18. The third-order valence-electron chi connectivity index (χ3n) is 6.56. The molecular formula is C26H31N5O2S. The number of aromatic nitrogens is 3. The number of methoxy groups -OCH3 is 1. The number of anilines is 2. The maximum Gasteiger partial charge on any atom is 0.255 e. The Hall–Kier alpha value is -3.00. The molecule has 2 heterocycles. The molecule has 8 heteroatoms. The molecule has 0 unspecified atom stereocenters. The number of benzene rings is 2. The van der Waals surface area contributed by atoms with E-state index in [1.54, 1.807) is 18.9 Å². The van der Waals surface area contributed by atoms with Gasteiger partial charge in [-0.15, -0.1) is 10.2 Å². The molecule has 2 aromatic carbocycles. The lowest BCUT2D eigenvalue weighted by Crippen LogP contribution is -2.34. The number of amides is 1. The molecule has 1 saturated carbocycles. The van der Waals surface area contributed by atoms with Crippen molar-refractivity contribution in [2.45, 2.75) is 49.6 Å². The van der Waals surface area contributed by atoms with Crippen molar-refractivity contribution in [2.75, 3.05) is 30.4 Å². The van der Waals surface area contributed by atoms with Crippen molar-refractivity contribution in [1.82, 2.24) is 14.8 Å². The van der Waals surface area contributed by atoms with Gasteiger partial charge in [-0.05, 0) is 73.6 Å². The molecule has 1 amide bonds. The number of nitrogens with one attached hydrogen (secondary N) is 1. The van der Waals surface area contributed by atoms with E-state index in [0.717, 1.165) is 52.9 Å². The Morgan fingerprint density at radius 3 is 2.38 bits per heavy atom. The number of rotatable bonds is 8. The SMILES string of the molecule is COc1ccc(NC(=O)c2ccc(CSc3nnc(N4CCC(C)CC4)n3C3CC3)cc2)cc1. The molecule has 34 heavy (non-hydrogen) atoms. The molecule has 5 rings (SSSR count). The number of carbonyl (C=O) groups is 1. The summed E-state index contributed by atoms with van der Waals surface area (Å²) in [5.41, 5.74) is 2.53. The van der Waals surface area contributed by atoms with Crippen LogP contribution in [0.5, 0.6) is 5.75 Å². The van der Waals surface area contributed by atoms with Crippen molar-refractivity contribution in [1.29, 1.82) is 0 Å². The topological polar surface area (TPSA) is 72.3 Å². The predicted octanol–water partition coefficient (Wildman–Crippen LogP) is 5.40. The van der Waals surface area contributed by atoms with Gasteiger partial charge in [0, 0.05) is 36.1 Å². The maximum atomic E-state index is 12.6. The van der Waals surface area contributed by atoms with Crippen molar-refractivity contribution in [3.05, 3.63) is 59.7 Å². The van der Waals surface area contributed by atoms with Crippen LogP contribution in [0.4, 0.5) is 11.6 Å². The third kappa shape index (κ3) is 5.22. The van der Waals surface area contributed by atoms with Gasteiger partial charge in [-0.1, -0.05) is 30.8 Å². The summed E-state index contributed by atoms with van der Waals surface area (Å²) in [6.07, 6.45) is 4.86. The van der Waals surface area contributed by atoms with Crippen LogP contribution in [0.2, 0.25) is 0 Å². The summed E-state index contributed by atoms with van der Waals surface area (Å²) in [5.74, 6) is 3.27. The third-order valence-corrected chi connectivity index (χ3v) is 7.57. The van der Waals surface area contributed by atoms with E-state index in [2.05, 4.69) is 31.9 Å². The first-order valence-electron chi connectivity index (χ1n) is 12.0. The van der Waals surface area contributed by atoms with E-state index in [1.165, 1.54) is 25.7 Å². The van der Waals surface area contributed by atoms with Gasteiger partial charge in [0.1, 0.15) is 5.75 Å². The van der Waals surface area contributed by atoms with E-state index in [-0.39, 0.29) is 5.91 Å². The fraction of sp³-hybridized carbons (Fsp3) is 0.423. The van der Waals surface area contributed by atoms with Crippen molar-refractivity contribution in [3.8, 4) is 5.75 Å². The van der Waals surface area contributed by atoms with Crippen LogP contribution in [0.25, 0.3) is 0 Å². The number of nitrogens with zero attached hydrogens (tertiary/aromatic N) is 4. The second-order valence-corrected chi connectivity index (χ2v) is 10.2. The number of thioether (sulfide) groups is 1. The first-order valence-corrected chi connectivity index (χ1v) is 13.0.